The molecular weight excluding hydrogens is 272 g/mol. The Labute approximate surface area is 127 Å². The minimum Gasteiger partial charge on any atom is -0.442 e. The lowest BCUT2D eigenvalue weighted by atomic mass is 10.0. The minimum absolute atomic E-state index is 0.105. The van der Waals surface area contributed by atoms with Gasteiger partial charge >= 0.3 is 6.09 Å². The minimum atomic E-state index is -0.617. The lowest BCUT2D eigenvalue weighted by Gasteiger charge is -2.27. The first-order chi connectivity index (χ1) is 9.65. The molecule has 6 nitrogen and oxygen atoms in total. The summed E-state index contributed by atoms with van der Waals surface area (Å²) in [7, 11) is 3.35. The maximum atomic E-state index is 12.2. The Kier molecular flexibility index (Phi) is 6.01. The molecule has 0 spiro atoms. The normalized spacial score (nSPS) is 22.3. The first-order valence-corrected chi connectivity index (χ1v) is 7.56. The Balaban J connectivity index is 2.80. The quantitative estimate of drug-likeness (QED) is 0.800. The van der Waals surface area contributed by atoms with Gasteiger partial charge in [0.1, 0.15) is 11.6 Å². The molecule has 122 valence electrons. The van der Waals surface area contributed by atoms with Crippen molar-refractivity contribution in [3.63, 3.8) is 0 Å². The highest BCUT2D eigenvalue weighted by atomic mass is 16.7. The predicted molar refractivity (Wildman–Crippen MR) is 79.6 cm³/mol. The molecular formula is C15H28N2O4. The standard InChI is InChI=1S/C15H28N2O4/c1-7-8-9-11-10-12(13(18)16(5)6)17(21-11)14(19)20-15(2,3)4/h11-12H,7-10H2,1-6H3/t11-,12-/m0/s1. The number of hydrogen-bond acceptors (Lipinski definition) is 4. The molecule has 0 aliphatic carbocycles. The molecule has 1 saturated heterocycles. The molecule has 2 amide bonds. The van der Waals surface area contributed by atoms with Gasteiger partial charge in [0.25, 0.3) is 0 Å². The van der Waals surface area contributed by atoms with Crippen molar-refractivity contribution in [3.05, 3.63) is 0 Å². The Morgan fingerprint density at radius 1 is 1.33 bits per heavy atom. The van der Waals surface area contributed by atoms with E-state index in [1.54, 1.807) is 34.9 Å². The highest BCUT2D eigenvalue weighted by Gasteiger charge is 2.43. The summed E-state index contributed by atoms with van der Waals surface area (Å²) in [6, 6.07) is -0.600. The summed E-state index contributed by atoms with van der Waals surface area (Å²) in [5.74, 6) is -0.139. The van der Waals surface area contributed by atoms with Crippen molar-refractivity contribution in [3.8, 4) is 0 Å². The lowest BCUT2D eigenvalue weighted by Crippen LogP contribution is -2.46. The molecule has 0 N–H and O–H groups in total. The van der Waals surface area contributed by atoms with E-state index in [0.717, 1.165) is 24.3 Å². The van der Waals surface area contributed by atoms with Gasteiger partial charge < -0.3 is 9.64 Å². The summed E-state index contributed by atoms with van der Waals surface area (Å²) in [5.41, 5.74) is -0.617. The van der Waals surface area contributed by atoms with Gasteiger partial charge in [-0.05, 0) is 27.2 Å². The SMILES string of the molecule is CCCC[C@H]1C[C@@H](C(=O)N(C)C)N(C(=O)OC(C)(C)C)O1. The lowest BCUT2D eigenvalue weighted by molar-refractivity contribution is -0.165. The Morgan fingerprint density at radius 3 is 2.43 bits per heavy atom. The molecule has 0 radical (unpaired) electrons. The number of hydrogen-bond donors (Lipinski definition) is 0. The Hall–Kier alpha value is -1.30. The van der Waals surface area contributed by atoms with Crippen LogP contribution < -0.4 is 0 Å². The average Bonchev–Trinajstić information content (AvgIpc) is 2.77. The molecule has 1 heterocycles. The summed E-state index contributed by atoms with van der Waals surface area (Å²) in [6.07, 6.45) is 2.73. The molecule has 21 heavy (non-hydrogen) atoms. The van der Waals surface area contributed by atoms with E-state index in [1.807, 2.05) is 0 Å². The number of ether oxygens (including phenoxy) is 1. The maximum Gasteiger partial charge on any atom is 0.435 e. The summed E-state index contributed by atoms with van der Waals surface area (Å²) >= 11 is 0. The number of unbranched alkanes of at least 4 members (excludes halogenated alkanes) is 1. The summed E-state index contributed by atoms with van der Waals surface area (Å²) in [4.78, 5) is 31.6. The monoisotopic (exact) mass is 300 g/mol. The molecule has 0 aromatic carbocycles. The van der Waals surface area contributed by atoms with Gasteiger partial charge in [-0.15, -0.1) is 0 Å². The molecule has 1 rings (SSSR count). The zero-order valence-corrected chi connectivity index (χ0v) is 14.0. The van der Waals surface area contributed by atoms with Crippen molar-refractivity contribution in [2.45, 2.75) is 71.1 Å². The van der Waals surface area contributed by atoms with E-state index in [2.05, 4.69) is 6.92 Å². The van der Waals surface area contributed by atoms with E-state index in [4.69, 9.17) is 9.57 Å². The second-order valence-electron chi connectivity index (χ2n) is 6.66. The van der Waals surface area contributed by atoms with Crippen molar-refractivity contribution >= 4 is 12.0 Å². The van der Waals surface area contributed by atoms with Crippen molar-refractivity contribution in [2.75, 3.05) is 14.1 Å². The summed E-state index contributed by atoms with van der Waals surface area (Å²) in [6.45, 7) is 7.47. The number of carbonyl (C=O) groups is 2. The second kappa shape index (κ2) is 7.11. The van der Waals surface area contributed by atoms with Gasteiger partial charge in [-0.2, -0.15) is 5.06 Å². The molecule has 6 heteroatoms. The number of carbonyl (C=O) groups excluding carboxylic acids is 2. The van der Waals surface area contributed by atoms with Crippen LogP contribution >= 0.6 is 0 Å². The highest BCUT2D eigenvalue weighted by molar-refractivity contribution is 5.85. The predicted octanol–water partition coefficient (Wildman–Crippen LogP) is 2.57. The van der Waals surface area contributed by atoms with Gasteiger partial charge in [0.05, 0.1) is 6.10 Å². The number of hydroxylamine groups is 2. The van der Waals surface area contributed by atoms with Crippen molar-refractivity contribution in [1.29, 1.82) is 0 Å². The molecule has 1 fully saturated rings. The highest BCUT2D eigenvalue weighted by Crippen LogP contribution is 2.27. The maximum absolute atomic E-state index is 12.2. The molecule has 2 atom stereocenters. The van der Waals surface area contributed by atoms with Crippen molar-refractivity contribution in [1.82, 2.24) is 9.96 Å². The van der Waals surface area contributed by atoms with E-state index >= 15 is 0 Å². The fourth-order valence-electron chi connectivity index (χ4n) is 2.20. The van der Waals surface area contributed by atoms with Gasteiger partial charge in [0, 0.05) is 20.5 Å². The number of rotatable bonds is 4. The van der Waals surface area contributed by atoms with Crippen LogP contribution in [0.5, 0.6) is 0 Å². The van der Waals surface area contributed by atoms with Gasteiger partial charge in [0.15, 0.2) is 0 Å². The van der Waals surface area contributed by atoms with Crippen LogP contribution in [0.15, 0.2) is 0 Å². The van der Waals surface area contributed by atoms with Crippen LogP contribution in [0.1, 0.15) is 53.4 Å². The Bertz CT molecular complexity index is 376. The van der Waals surface area contributed by atoms with Crippen LogP contribution in [-0.4, -0.2) is 53.8 Å². The number of likely N-dealkylation sites (N-methyl/N-ethyl adjacent to an activating group) is 1. The van der Waals surface area contributed by atoms with E-state index < -0.39 is 17.7 Å². The largest absolute Gasteiger partial charge is 0.442 e. The third kappa shape index (κ3) is 5.19. The summed E-state index contributed by atoms with van der Waals surface area (Å²) in [5, 5.41) is 1.12. The third-order valence-electron chi connectivity index (χ3n) is 3.21. The first-order valence-electron chi connectivity index (χ1n) is 7.56. The smallest absolute Gasteiger partial charge is 0.435 e. The van der Waals surface area contributed by atoms with E-state index in [-0.39, 0.29) is 12.0 Å². The second-order valence-corrected chi connectivity index (χ2v) is 6.66. The van der Waals surface area contributed by atoms with Crippen LogP contribution in [0.2, 0.25) is 0 Å². The van der Waals surface area contributed by atoms with Crippen LogP contribution in [0.4, 0.5) is 4.79 Å². The molecule has 0 saturated carbocycles. The van der Waals surface area contributed by atoms with Gasteiger partial charge in [-0.3, -0.25) is 9.63 Å². The van der Waals surface area contributed by atoms with Crippen LogP contribution in [0.3, 0.4) is 0 Å². The van der Waals surface area contributed by atoms with Crippen LogP contribution in [0.25, 0.3) is 0 Å². The molecule has 0 unspecified atom stereocenters. The van der Waals surface area contributed by atoms with Crippen molar-refractivity contribution < 1.29 is 19.2 Å². The van der Waals surface area contributed by atoms with Gasteiger partial charge in [0.2, 0.25) is 5.91 Å². The van der Waals surface area contributed by atoms with Crippen molar-refractivity contribution in [2.24, 2.45) is 0 Å². The number of nitrogens with zero attached hydrogens (tertiary/aromatic N) is 2. The van der Waals surface area contributed by atoms with Gasteiger partial charge in [-0.1, -0.05) is 19.8 Å². The fraction of sp³-hybridized carbons (Fsp3) is 0.867. The van der Waals surface area contributed by atoms with E-state index in [1.165, 1.54) is 4.90 Å². The van der Waals surface area contributed by atoms with E-state index in [9.17, 15) is 9.59 Å². The average molecular weight is 300 g/mol. The van der Waals surface area contributed by atoms with Gasteiger partial charge in [-0.25, -0.2) is 4.79 Å². The molecule has 1 aliphatic rings. The summed E-state index contributed by atoms with van der Waals surface area (Å²) < 4.78 is 5.33. The van der Waals surface area contributed by atoms with E-state index in [0.29, 0.717) is 6.42 Å². The fourth-order valence-corrected chi connectivity index (χ4v) is 2.20. The zero-order chi connectivity index (χ0) is 16.2. The number of amides is 2. The zero-order valence-electron chi connectivity index (χ0n) is 14.0. The Morgan fingerprint density at radius 2 is 1.95 bits per heavy atom. The molecule has 0 aromatic heterocycles. The third-order valence-corrected chi connectivity index (χ3v) is 3.21. The molecule has 0 aromatic rings. The topological polar surface area (TPSA) is 59.1 Å². The molecule has 0 bridgehead atoms. The van der Waals surface area contributed by atoms with Crippen LogP contribution in [-0.2, 0) is 14.4 Å². The first kappa shape index (κ1) is 17.8. The van der Waals surface area contributed by atoms with Crippen LogP contribution in [0, 0.1) is 0 Å². The molecule has 1 aliphatic heterocycles.